The summed E-state index contributed by atoms with van der Waals surface area (Å²) in [5, 5.41) is 2.94. The van der Waals surface area contributed by atoms with Gasteiger partial charge in [-0.1, -0.05) is 6.07 Å². The van der Waals surface area contributed by atoms with Crippen LogP contribution in [-0.4, -0.2) is 28.2 Å². The molecule has 0 bridgehead atoms. The lowest BCUT2D eigenvalue weighted by Gasteiger charge is -2.16. The Bertz CT molecular complexity index is 699. The van der Waals surface area contributed by atoms with Crippen molar-refractivity contribution in [3.63, 3.8) is 0 Å². The van der Waals surface area contributed by atoms with Crippen LogP contribution in [0.4, 0.5) is 0 Å². The maximum absolute atomic E-state index is 12.3. The van der Waals surface area contributed by atoms with Gasteiger partial charge in [0.25, 0.3) is 0 Å². The lowest BCUT2D eigenvalue weighted by Crippen LogP contribution is -2.32. The van der Waals surface area contributed by atoms with Crippen LogP contribution < -0.4 is 5.32 Å². The molecule has 23 heavy (non-hydrogen) atoms. The number of carbonyl (C=O) groups excluding carboxylic acids is 2. The fourth-order valence-electron chi connectivity index (χ4n) is 2.69. The molecule has 2 aromatic heterocycles. The van der Waals surface area contributed by atoms with E-state index in [4.69, 9.17) is 0 Å². The Hall–Kier alpha value is -2.21. The number of hydrogen-bond donors (Lipinski definition) is 1. The summed E-state index contributed by atoms with van der Waals surface area (Å²) in [6.45, 7) is 3.50. The molecule has 1 atom stereocenters. The van der Waals surface area contributed by atoms with Crippen molar-refractivity contribution in [1.82, 2.24) is 15.2 Å². The van der Waals surface area contributed by atoms with E-state index in [2.05, 4.69) is 10.3 Å². The fourth-order valence-corrected chi connectivity index (χ4v) is 3.52. The van der Waals surface area contributed by atoms with Gasteiger partial charge >= 0.3 is 0 Å². The maximum Gasteiger partial charge on any atom is 0.225 e. The van der Waals surface area contributed by atoms with Crippen LogP contribution in [0.15, 0.2) is 36.5 Å². The summed E-state index contributed by atoms with van der Waals surface area (Å²) in [4.78, 5) is 32.7. The molecule has 120 valence electrons. The SMILES string of the molecule is Cc1ccc(CNC(=O)C2CC(=O)N(Cc3ccccn3)C2)s1. The van der Waals surface area contributed by atoms with Gasteiger partial charge in [-0.05, 0) is 31.2 Å². The normalized spacial score (nSPS) is 17.5. The first-order valence-corrected chi connectivity index (χ1v) is 8.44. The predicted molar refractivity (Wildman–Crippen MR) is 88.7 cm³/mol. The van der Waals surface area contributed by atoms with E-state index in [-0.39, 0.29) is 24.2 Å². The van der Waals surface area contributed by atoms with E-state index in [0.717, 1.165) is 10.6 Å². The van der Waals surface area contributed by atoms with E-state index < -0.39 is 0 Å². The van der Waals surface area contributed by atoms with Crippen molar-refractivity contribution in [3.05, 3.63) is 52.0 Å². The number of nitrogens with one attached hydrogen (secondary N) is 1. The number of pyridine rings is 1. The van der Waals surface area contributed by atoms with E-state index in [1.807, 2.05) is 37.3 Å². The molecule has 0 saturated carbocycles. The smallest absolute Gasteiger partial charge is 0.225 e. The minimum atomic E-state index is -0.271. The Labute approximate surface area is 139 Å². The molecule has 0 aromatic carbocycles. The lowest BCUT2D eigenvalue weighted by molar-refractivity contribution is -0.129. The van der Waals surface area contributed by atoms with Gasteiger partial charge in [-0.3, -0.25) is 14.6 Å². The number of carbonyl (C=O) groups is 2. The zero-order chi connectivity index (χ0) is 16.2. The minimum absolute atomic E-state index is 0.0165. The predicted octanol–water partition coefficient (Wildman–Crippen LogP) is 2.12. The van der Waals surface area contributed by atoms with Crippen LogP contribution in [0.1, 0.15) is 21.9 Å². The third-order valence-electron chi connectivity index (χ3n) is 3.90. The van der Waals surface area contributed by atoms with Crippen LogP contribution in [0.3, 0.4) is 0 Å². The number of hydrogen-bond acceptors (Lipinski definition) is 4. The standard InChI is InChI=1S/C17H19N3O2S/c1-12-5-6-15(23-12)9-19-17(22)13-8-16(21)20(10-13)11-14-4-2-3-7-18-14/h2-7,13H,8-11H2,1H3,(H,19,22). The van der Waals surface area contributed by atoms with Gasteiger partial charge in [-0.15, -0.1) is 11.3 Å². The second-order valence-corrected chi connectivity index (χ2v) is 7.10. The molecular weight excluding hydrogens is 310 g/mol. The van der Waals surface area contributed by atoms with Crippen molar-refractivity contribution in [1.29, 1.82) is 0 Å². The van der Waals surface area contributed by atoms with Gasteiger partial charge in [0.05, 0.1) is 24.7 Å². The average Bonchev–Trinajstić information content (AvgIpc) is 3.12. The average molecular weight is 329 g/mol. The number of nitrogens with zero attached hydrogens (tertiary/aromatic N) is 2. The van der Waals surface area contributed by atoms with Crippen LogP contribution >= 0.6 is 11.3 Å². The molecule has 2 amide bonds. The first-order valence-electron chi connectivity index (χ1n) is 7.62. The molecule has 2 aromatic rings. The van der Waals surface area contributed by atoms with E-state index in [1.54, 1.807) is 22.4 Å². The van der Waals surface area contributed by atoms with Crippen molar-refractivity contribution < 1.29 is 9.59 Å². The van der Waals surface area contributed by atoms with Gasteiger partial charge in [0.1, 0.15) is 0 Å². The van der Waals surface area contributed by atoms with E-state index in [9.17, 15) is 9.59 Å². The zero-order valence-corrected chi connectivity index (χ0v) is 13.8. The quantitative estimate of drug-likeness (QED) is 0.914. The summed E-state index contributed by atoms with van der Waals surface area (Å²) in [5.41, 5.74) is 0.843. The third-order valence-corrected chi connectivity index (χ3v) is 4.90. The second kappa shape index (κ2) is 6.91. The molecular formula is C17H19N3O2S. The summed E-state index contributed by atoms with van der Waals surface area (Å²) < 4.78 is 0. The molecule has 1 fully saturated rings. The molecule has 0 aliphatic carbocycles. The lowest BCUT2D eigenvalue weighted by atomic mass is 10.1. The third kappa shape index (κ3) is 3.96. The molecule has 1 unspecified atom stereocenters. The van der Waals surface area contributed by atoms with Gasteiger partial charge in [0.15, 0.2) is 0 Å². The molecule has 1 N–H and O–H groups in total. The summed E-state index contributed by atoms with van der Waals surface area (Å²) in [6, 6.07) is 9.70. The number of aromatic nitrogens is 1. The zero-order valence-electron chi connectivity index (χ0n) is 13.0. The largest absolute Gasteiger partial charge is 0.351 e. The van der Waals surface area contributed by atoms with Crippen molar-refractivity contribution in [2.45, 2.75) is 26.4 Å². The van der Waals surface area contributed by atoms with Crippen molar-refractivity contribution in [2.75, 3.05) is 6.54 Å². The van der Waals surface area contributed by atoms with Crippen LogP contribution in [0.25, 0.3) is 0 Å². The summed E-state index contributed by atoms with van der Waals surface area (Å²) in [5.74, 6) is -0.303. The Morgan fingerprint density at radius 1 is 1.39 bits per heavy atom. The highest BCUT2D eigenvalue weighted by Gasteiger charge is 2.34. The molecule has 3 heterocycles. The molecule has 1 aliphatic rings. The van der Waals surface area contributed by atoms with E-state index in [1.165, 1.54) is 4.88 Å². The molecule has 0 radical (unpaired) electrons. The topological polar surface area (TPSA) is 62.3 Å². The number of rotatable bonds is 5. The van der Waals surface area contributed by atoms with Crippen molar-refractivity contribution >= 4 is 23.2 Å². The monoisotopic (exact) mass is 329 g/mol. The van der Waals surface area contributed by atoms with Crippen LogP contribution in [0.2, 0.25) is 0 Å². The number of thiophene rings is 1. The molecule has 3 rings (SSSR count). The minimum Gasteiger partial charge on any atom is -0.351 e. The highest BCUT2D eigenvalue weighted by Crippen LogP contribution is 2.20. The highest BCUT2D eigenvalue weighted by molar-refractivity contribution is 7.11. The summed E-state index contributed by atoms with van der Waals surface area (Å²) in [6.07, 6.45) is 1.99. The van der Waals surface area contributed by atoms with Gasteiger partial charge in [-0.2, -0.15) is 0 Å². The summed E-state index contributed by atoms with van der Waals surface area (Å²) >= 11 is 1.67. The van der Waals surface area contributed by atoms with Gasteiger partial charge in [-0.25, -0.2) is 0 Å². The van der Waals surface area contributed by atoms with Crippen molar-refractivity contribution in [2.24, 2.45) is 5.92 Å². The molecule has 0 spiro atoms. The van der Waals surface area contributed by atoms with E-state index >= 15 is 0 Å². The molecule has 1 saturated heterocycles. The number of amides is 2. The van der Waals surface area contributed by atoms with Crippen LogP contribution in [-0.2, 0) is 22.7 Å². The second-order valence-electron chi connectivity index (χ2n) is 5.73. The Morgan fingerprint density at radius 3 is 2.96 bits per heavy atom. The van der Waals surface area contributed by atoms with Crippen molar-refractivity contribution in [3.8, 4) is 0 Å². The first-order chi connectivity index (χ1) is 11.1. The Balaban J connectivity index is 1.53. The van der Waals surface area contributed by atoms with Gasteiger partial charge in [0.2, 0.25) is 11.8 Å². The number of likely N-dealkylation sites (tertiary alicyclic amines) is 1. The first kappa shape index (κ1) is 15.7. The van der Waals surface area contributed by atoms with Crippen LogP contribution in [0, 0.1) is 12.8 Å². The van der Waals surface area contributed by atoms with Gasteiger partial charge < -0.3 is 10.2 Å². The Kier molecular flexibility index (Phi) is 4.71. The number of aryl methyl sites for hydroxylation is 1. The summed E-state index contributed by atoms with van der Waals surface area (Å²) in [7, 11) is 0. The van der Waals surface area contributed by atoms with E-state index in [0.29, 0.717) is 19.6 Å². The van der Waals surface area contributed by atoms with Crippen LogP contribution in [0.5, 0.6) is 0 Å². The molecule has 1 aliphatic heterocycles. The molecule has 5 nitrogen and oxygen atoms in total. The maximum atomic E-state index is 12.3. The van der Waals surface area contributed by atoms with Gasteiger partial charge in [0, 0.05) is 28.9 Å². The Morgan fingerprint density at radius 2 is 2.26 bits per heavy atom. The highest BCUT2D eigenvalue weighted by atomic mass is 32.1. The molecule has 6 heteroatoms. The fraction of sp³-hybridized carbons (Fsp3) is 0.353.